The minimum absolute atomic E-state index is 0.0330. The highest BCUT2D eigenvalue weighted by Crippen LogP contribution is 2.56. The van der Waals surface area contributed by atoms with Gasteiger partial charge < -0.3 is 19.6 Å². The largest absolute Gasteiger partial charge is 0.416 e. The number of hydrogen-bond acceptors (Lipinski definition) is 4. The zero-order valence-electron chi connectivity index (χ0n) is 78.5. The van der Waals surface area contributed by atoms with Crippen LogP contribution >= 0.6 is 0 Å². The topological polar surface area (TPSA) is 13.0 Å². The monoisotopic (exact) mass is 1930 g/mol. The first kappa shape index (κ1) is 93.6. The lowest BCUT2D eigenvalue weighted by Gasteiger charge is -2.32. The molecule has 0 saturated carbocycles. The number of halogens is 13. The summed E-state index contributed by atoms with van der Waals surface area (Å²) >= 11 is 0. The van der Waals surface area contributed by atoms with Crippen molar-refractivity contribution in [1.82, 2.24) is 0 Å². The molecule has 0 radical (unpaired) electrons. The Morgan fingerprint density at radius 2 is 0.446 bits per heavy atom. The van der Waals surface area contributed by atoms with Gasteiger partial charge in [0.1, 0.15) is 34.9 Å². The van der Waals surface area contributed by atoms with E-state index in [1.165, 1.54) is 70.2 Å². The highest BCUT2D eigenvalue weighted by molar-refractivity contribution is 6.90. The molecule has 139 heavy (non-hydrogen) atoms. The molecule has 0 saturated heterocycles. The van der Waals surface area contributed by atoms with Crippen LogP contribution in [-0.2, 0) is 6.18 Å². The fourth-order valence-electron chi connectivity index (χ4n) is 19.3. The Morgan fingerprint density at radius 1 is 0.216 bits per heavy atom. The van der Waals surface area contributed by atoms with Crippen molar-refractivity contribution in [3.63, 3.8) is 0 Å². The Labute approximate surface area is 802 Å². The second kappa shape index (κ2) is 35.9. The predicted octanol–water partition coefficient (Wildman–Crippen LogP) is 34.6. The molecular formula is C118H95F13N4Si4. The summed E-state index contributed by atoms with van der Waals surface area (Å²) in [5, 5.41) is 14.3. The van der Waals surface area contributed by atoms with Crippen LogP contribution in [0.3, 0.4) is 0 Å². The van der Waals surface area contributed by atoms with Gasteiger partial charge in [-0.05, 0) is 182 Å². The molecule has 0 aromatic heterocycles. The summed E-state index contributed by atoms with van der Waals surface area (Å²) in [5.74, 6) is -7.99. The molecule has 0 heterocycles. The van der Waals surface area contributed by atoms with Gasteiger partial charge in [0.25, 0.3) is 0 Å². The summed E-state index contributed by atoms with van der Waals surface area (Å²) in [4.78, 5) is 7.05. The molecule has 0 atom stereocenters. The van der Waals surface area contributed by atoms with Crippen molar-refractivity contribution in [3.05, 3.63) is 409 Å². The van der Waals surface area contributed by atoms with Crippen molar-refractivity contribution in [2.75, 3.05) is 19.6 Å². The van der Waals surface area contributed by atoms with Crippen molar-refractivity contribution in [2.45, 2.75) is 91.7 Å². The molecule has 0 aliphatic heterocycles. The van der Waals surface area contributed by atoms with Crippen molar-refractivity contribution in [1.29, 1.82) is 0 Å². The second-order valence-corrected chi connectivity index (χ2v) is 60.1. The molecule has 0 unspecified atom stereocenters. The predicted molar refractivity (Wildman–Crippen MR) is 562 cm³/mol. The van der Waals surface area contributed by atoms with E-state index in [-0.39, 0.29) is 56.1 Å². The average molecular weight is 1930 g/mol. The van der Waals surface area contributed by atoms with Crippen LogP contribution in [0.25, 0.3) is 109 Å². The molecule has 20 rings (SSSR count). The summed E-state index contributed by atoms with van der Waals surface area (Å²) in [6.07, 6.45) is -4.62. The maximum atomic E-state index is 17.0. The lowest BCUT2D eigenvalue weighted by atomic mass is 9.91. The van der Waals surface area contributed by atoms with E-state index in [0.717, 1.165) is 114 Å². The van der Waals surface area contributed by atoms with Crippen LogP contribution in [0.4, 0.5) is 125 Å². The van der Waals surface area contributed by atoms with E-state index in [0.29, 0.717) is 72.8 Å². The van der Waals surface area contributed by atoms with Crippen LogP contribution in [-0.4, -0.2) is 32.3 Å². The molecule has 0 spiro atoms. The Balaban J connectivity index is 0.000000177. The molecule has 0 N–H and O–H groups in total. The zero-order chi connectivity index (χ0) is 98.1. The average Bonchev–Trinajstić information content (AvgIpc) is 0.715. The Kier molecular flexibility index (Phi) is 24.2. The Hall–Kier alpha value is -14.4. The second-order valence-electron chi connectivity index (χ2n) is 39.7. The summed E-state index contributed by atoms with van der Waals surface area (Å²) < 4.78 is 203. The summed E-state index contributed by atoms with van der Waals surface area (Å²) in [6, 6.07) is 95.0. The van der Waals surface area contributed by atoms with Crippen LogP contribution in [0.1, 0.15) is 11.1 Å². The molecular weight excluding hydrogens is 1830 g/mol. The first-order valence-corrected chi connectivity index (χ1v) is 59.9. The first-order chi connectivity index (χ1) is 66.1. The van der Waals surface area contributed by atoms with Crippen molar-refractivity contribution in [2.24, 2.45) is 0 Å². The summed E-state index contributed by atoms with van der Waals surface area (Å²) in [7, 11) is -7.17. The minimum Gasteiger partial charge on any atom is -0.307 e. The number of hydrogen-bond donors (Lipinski definition) is 0. The van der Waals surface area contributed by atoms with Crippen LogP contribution in [0.5, 0.6) is 0 Å². The normalized spacial score (nSPS) is 12.2. The molecule has 0 aliphatic rings. The fraction of sp³-hybridized carbons (Fsp3) is 0.119. The SMILES string of the molecule is C[Si](C)(C)c1ccc(N(c2c(F)cc(F)cc2-c2ccccc2F)c2ccc3ccc4c(N(c5ccc([Si](C)(C)C)cc5)c5c(F)cc(F)cc5-c5ccccc5F)ccc5ccc2c3c54)cc1.Cc1ccc(-c2cc(F)cc(F)c2N(c2ccc([Si](C)(C)C)cc2)c2ccc3ccc4c(N(c5ccc([Si](C)(C)C)cc5)c5c(F)cc(F)cc5-c5ccc(C(F)(F)F)cc5)ccc5ccc2c3c54)cc1. The molecule has 694 valence electrons. The minimum atomic E-state index is -4.62. The standard InChI is InChI=1S/C60H49F7N2Si2.C58H46F6N2Si2/c1-36-8-10-37(11-9-36)50-32-42(61)34-52(63)58(50)68(44-20-24-46(25-21-44)70(2,3)4)54-30-16-39-15-29-49-55(31-17-40-14-28-48(54)56(39)57(40)49)69(45-22-26-47(27-23-45)71(5,6)7)59-51(33-43(62)35-53(59)64)38-12-18-41(19-13-38)60(65,66)67;1-67(2,3)41-23-19-39(20-24-41)65(57-47(31-37(59)33-51(57)63)43-11-7-9-13-49(43)61)53-29-17-35-16-28-46-54(30-18-36-15-27-45(53)55(35)56(36)46)66(40-21-25-42(26-22-40)68(4,5)6)58-48(32-38(60)34-52(58)64)44-12-8-10-14-50(44)62/h8-35H,1-7H3;7-34H,1-6H3. The van der Waals surface area contributed by atoms with Gasteiger partial charge >= 0.3 is 6.18 Å². The van der Waals surface area contributed by atoms with Crippen molar-refractivity contribution < 1.29 is 57.1 Å². The van der Waals surface area contributed by atoms with Crippen LogP contribution in [0.15, 0.2) is 340 Å². The van der Waals surface area contributed by atoms with Gasteiger partial charge in [0.05, 0.1) is 83.4 Å². The molecule has 21 heteroatoms. The van der Waals surface area contributed by atoms with Gasteiger partial charge in [-0.1, -0.05) is 299 Å². The number of rotatable bonds is 20. The van der Waals surface area contributed by atoms with E-state index in [2.05, 4.69) is 90.7 Å². The summed E-state index contributed by atoms with van der Waals surface area (Å²) in [5.41, 5.74) is 6.16. The lowest BCUT2D eigenvalue weighted by Crippen LogP contribution is -2.37. The van der Waals surface area contributed by atoms with Crippen molar-refractivity contribution >= 4 is 186 Å². The van der Waals surface area contributed by atoms with Gasteiger partial charge in [0.15, 0.2) is 23.3 Å². The van der Waals surface area contributed by atoms with Gasteiger partial charge in [0.2, 0.25) is 0 Å². The molecule has 20 aromatic rings. The Morgan fingerprint density at radius 3 is 0.691 bits per heavy atom. The summed E-state index contributed by atoms with van der Waals surface area (Å²) in [6.45, 7) is 28.8. The third-order valence-electron chi connectivity index (χ3n) is 26.4. The van der Waals surface area contributed by atoms with E-state index >= 15 is 43.9 Å². The Bertz CT molecular complexity index is 7920. The molecule has 0 bridgehead atoms. The number of benzene rings is 20. The number of alkyl halides is 3. The maximum Gasteiger partial charge on any atom is 0.416 e. The van der Waals surface area contributed by atoms with Gasteiger partial charge in [-0.15, -0.1) is 0 Å². The van der Waals surface area contributed by atoms with Crippen LogP contribution in [0, 0.1) is 65.1 Å². The highest BCUT2D eigenvalue weighted by Gasteiger charge is 2.36. The molecule has 20 aromatic carbocycles. The molecule has 4 nitrogen and oxygen atoms in total. The van der Waals surface area contributed by atoms with Crippen LogP contribution in [0.2, 0.25) is 78.6 Å². The third kappa shape index (κ3) is 17.7. The van der Waals surface area contributed by atoms with Gasteiger partial charge in [-0.25, -0.2) is 43.9 Å². The van der Waals surface area contributed by atoms with Crippen molar-refractivity contribution in [3.8, 4) is 44.5 Å². The lowest BCUT2D eigenvalue weighted by molar-refractivity contribution is -0.137. The van der Waals surface area contributed by atoms with Gasteiger partial charge in [-0.2, -0.15) is 13.2 Å². The fourth-order valence-corrected chi connectivity index (χ4v) is 23.9. The third-order valence-corrected chi connectivity index (χ3v) is 34.6. The zero-order valence-corrected chi connectivity index (χ0v) is 82.5. The highest BCUT2D eigenvalue weighted by atomic mass is 28.3. The van der Waals surface area contributed by atoms with E-state index in [1.807, 2.05) is 218 Å². The van der Waals surface area contributed by atoms with E-state index in [4.69, 9.17) is 0 Å². The maximum absolute atomic E-state index is 17.0. The first-order valence-electron chi connectivity index (χ1n) is 45.9. The van der Waals surface area contributed by atoms with Gasteiger partial charge in [-0.3, -0.25) is 0 Å². The van der Waals surface area contributed by atoms with Crippen LogP contribution < -0.4 is 40.3 Å². The molecule has 0 aliphatic carbocycles. The number of aryl methyl sites for hydroxylation is 1. The van der Waals surface area contributed by atoms with E-state index in [9.17, 15) is 13.2 Å². The molecule has 0 fully saturated rings. The number of anilines is 12. The smallest absolute Gasteiger partial charge is 0.307 e. The van der Waals surface area contributed by atoms with E-state index < -0.39 is 102 Å². The number of nitrogens with zero attached hydrogens (tertiary/aromatic N) is 4. The van der Waals surface area contributed by atoms with Gasteiger partial charge in [0, 0.05) is 102 Å². The molecule has 0 amide bonds. The quantitative estimate of drug-likeness (QED) is 0.0428. The van der Waals surface area contributed by atoms with E-state index in [1.54, 1.807) is 26.8 Å².